The van der Waals surface area contributed by atoms with Crippen molar-refractivity contribution in [2.45, 2.75) is 6.10 Å². The molecule has 0 radical (unpaired) electrons. The van der Waals surface area contributed by atoms with E-state index in [1.165, 1.54) is 0 Å². The molecule has 2 N–H and O–H groups in total. The zero-order valence-electron chi connectivity index (χ0n) is 9.50. The number of ether oxygens (including phenoxy) is 1. The van der Waals surface area contributed by atoms with Crippen LogP contribution in [0.15, 0.2) is 28.1 Å². The van der Waals surface area contributed by atoms with Gasteiger partial charge in [-0.3, -0.25) is 0 Å². The first-order valence-electron chi connectivity index (χ1n) is 5.26. The van der Waals surface area contributed by atoms with E-state index in [1.807, 2.05) is 11.4 Å². The lowest BCUT2D eigenvalue weighted by atomic mass is 10.3. The molecule has 0 bridgehead atoms. The van der Waals surface area contributed by atoms with E-state index in [0.29, 0.717) is 27.4 Å². The molecule has 2 aromatic rings. The summed E-state index contributed by atoms with van der Waals surface area (Å²) in [6.45, 7) is 0.337. The lowest BCUT2D eigenvalue weighted by Gasteiger charge is -2.17. The van der Waals surface area contributed by atoms with Gasteiger partial charge in [0.05, 0.1) is 15.1 Å². The first-order valence-corrected chi connectivity index (χ1v) is 8.07. The van der Waals surface area contributed by atoms with Gasteiger partial charge in [-0.05, 0) is 28.1 Å². The molecule has 0 spiro atoms. The average Bonchev–Trinajstić information content (AvgIpc) is 2.78. The number of rotatable bonds is 4. The topological polar surface area (TPSA) is 35.2 Å². The van der Waals surface area contributed by atoms with Gasteiger partial charge in [-0.15, -0.1) is 11.3 Å². The molecule has 0 amide bonds. The molecule has 1 aromatic carbocycles. The lowest BCUT2D eigenvalue weighted by molar-refractivity contribution is 0.218. The summed E-state index contributed by atoms with van der Waals surface area (Å²) < 4.78 is 6.81. The average molecular weight is 402 g/mol. The predicted molar refractivity (Wildman–Crippen MR) is 85.9 cm³/mol. The molecule has 0 saturated heterocycles. The first-order chi connectivity index (χ1) is 9.01. The molecule has 0 aliphatic heterocycles. The summed E-state index contributed by atoms with van der Waals surface area (Å²) in [7, 11) is 0. The van der Waals surface area contributed by atoms with E-state index in [0.717, 1.165) is 9.35 Å². The van der Waals surface area contributed by atoms with Gasteiger partial charge in [-0.25, -0.2) is 0 Å². The highest BCUT2D eigenvalue weighted by Crippen LogP contribution is 2.37. The molecular weight excluding hydrogens is 392 g/mol. The van der Waals surface area contributed by atoms with Crippen molar-refractivity contribution in [3.63, 3.8) is 0 Å². The third-order valence-electron chi connectivity index (χ3n) is 2.36. The van der Waals surface area contributed by atoms with Crippen molar-refractivity contribution in [2.24, 2.45) is 5.73 Å². The molecule has 19 heavy (non-hydrogen) atoms. The molecule has 0 aliphatic carbocycles. The molecule has 1 aromatic heterocycles. The Bertz CT molecular complexity index is 590. The van der Waals surface area contributed by atoms with Crippen LogP contribution < -0.4 is 10.5 Å². The highest BCUT2D eigenvalue weighted by Gasteiger charge is 2.16. The largest absolute Gasteiger partial charge is 0.482 e. The van der Waals surface area contributed by atoms with Crippen molar-refractivity contribution in [2.75, 3.05) is 6.54 Å². The maximum absolute atomic E-state index is 6.08. The van der Waals surface area contributed by atoms with Crippen LogP contribution in [0, 0.1) is 0 Å². The Morgan fingerprint density at radius 2 is 1.84 bits per heavy atom. The maximum atomic E-state index is 6.08. The number of benzene rings is 1. The van der Waals surface area contributed by atoms with Gasteiger partial charge in [0.1, 0.15) is 11.9 Å². The smallest absolute Gasteiger partial charge is 0.145 e. The van der Waals surface area contributed by atoms with Crippen LogP contribution in [0.3, 0.4) is 0 Å². The fraction of sp³-hybridized carbons (Fsp3) is 0.167. The van der Waals surface area contributed by atoms with Crippen LogP contribution >= 0.6 is 62.1 Å². The van der Waals surface area contributed by atoms with Crippen LogP contribution in [0.5, 0.6) is 5.75 Å². The van der Waals surface area contributed by atoms with Crippen LogP contribution in [0.1, 0.15) is 11.0 Å². The van der Waals surface area contributed by atoms with Crippen LogP contribution in [0.2, 0.25) is 15.1 Å². The Balaban J connectivity index is 2.26. The van der Waals surface area contributed by atoms with E-state index in [9.17, 15) is 0 Å². The van der Waals surface area contributed by atoms with E-state index in [2.05, 4.69) is 15.9 Å². The normalized spacial score (nSPS) is 12.5. The number of hydrogen-bond acceptors (Lipinski definition) is 3. The fourth-order valence-corrected chi connectivity index (χ4v) is 3.54. The van der Waals surface area contributed by atoms with Crippen molar-refractivity contribution in [3.05, 3.63) is 48.0 Å². The number of hydrogen-bond donors (Lipinski definition) is 1. The molecule has 102 valence electrons. The Morgan fingerprint density at radius 3 is 2.42 bits per heavy atom. The van der Waals surface area contributed by atoms with Gasteiger partial charge in [-0.1, -0.05) is 34.8 Å². The summed E-state index contributed by atoms with van der Waals surface area (Å²) in [6, 6.07) is 5.11. The summed E-state index contributed by atoms with van der Waals surface area (Å²) in [4.78, 5) is 1.01. The monoisotopic (exact) mass is 399 g/mol. The Labute approximate surface area is 138 Å². The minimum Gasteiger partial charge on any atom is -0.482 e. The zero-order valence-corrected chi connectivity index (χ0v) is 14.2. The van der Waals surface area contributed by atoms with Gasteiger partial charge in [0, 0.05) is 27.3 Å². The molecule has 1 atom stereocenters. The second-order valence-corrected chi connectivity index (χ2v) is 6.79. The highest BCUT2D eigenvalue weighted by molar-refractivity contribution is 9.10. The van der Waals surface area contributed by atoms with E-state index in [-0.39, 0.29) is 6.10 Å². The molecule has 1 heterocycles. The predicted octanol–water partition coefficient (Wildman–Crippen LogP) is 5.55. The standard InChI is InChI=1S/C12H9BrCl3NOS/c13-6-1-12(19-5-6)11(4-17)18-10-3-8(15)7(14)2-9(10)16/h1-3,5,11H,4,17H2. The second-order valence-electron chi connectivity index (χ2n) is 3.71. The first kappa shape index (κ1) is 15.4. The van der Waals surface area contributed by atoms with Gasteiger partial charge >= 0.3 is 0 Å². The van der Waals surface area contributed by atoms with E-state index < -0.39 is 0 Å². The molecule has 7 heteroatoms. The minimum atomic E-state index is -0.272. The Hall–Kier alpha value is 0.0300. The molecular formula is C12H9BrCl3NOS. The van der Waals surface area contributed by atoms with Gasteiger partial charge in [-0.2, -0.15) is 0 Å². The molecule has 0 aliphatic rings. The fourth-order valence-electron chi connectivity index (χ4n) is 1.47. The van der Waals surface area contributed by atoms with Crippen LogP contribution in [-0.4, -0.2) is 6.54 Å². The molecule has 1 unspecified atom stereocenters. The van der Waals surface area contributed by atoms with Crippen molar-refractivity contribution in [1.29, 1.82) is 0 Å². The SMILES string of the molecule is NCC(Oc1cc(Cl)c(Cl)cc1Cl)c1cc(Br)cs1. The summed E-state index contributed by atoms with van der Waals surface area (Å²) in [5.74, 6) is 0.469. The Morgan fingerprint density at radius 1 is 1.16 bits per heavy atom. The number of halogens is 4. The van der Waals surface area contributed by atoms with Gasteiger partial charge in [0.2, 0.25) is 0 Å². The second kappa shape index (κ2) is 6.66. The van der Waals surface area contributed by atoms with E-state index in [4.69, 9.17) is 45.3 Å². The number of nitrogens with two attached hydrogens (primary N) is 1. The summed E-state index contributed by atoms with van der Waals surface area (Å²) >= 11 is 22.9. The maximum Gasteiger partial charge on any atom is 0.145 e. The van der Waals surface area contributed by atoms with Crippen molar-refractivity contribution < 1.29 is 4.74 Å². The third-order valence-corrected chi connectivity index (χ3v) is 5.17. The van der Waals surface area contributed by atoms with Crippen molar-refractivity contribution >= 4 is 62.1 Å². The molecule has 0 saturated carbocycles. The quantitative estimate of drug-likeness (QED) is 0.682. The van der Waals surface area contributed by atoms with Crippen LogP contribution in [-0.2, 0) is 0 Å². The molecule has 2 rings (SSSR count). The summed E-state index contributed by atoms with van der Waals surface area (Å²) in [5, 5.41) is 3.16. The highest BCUT2D eigenvalue weighted by atomic mass is 79.9. The number of thiophene rings is 1. The molecule has 0 fully saturated rings. The summed E-state index contributed by atoms with van der Waals surface area (Å²) in [5.41, 5.74) is 5.74. The van der Waals surface area contributed by atoms with Crippen LogP contribution in [0.4, 0.5) is 0 Å². The lowest BCUT2D eigenvalue weighted by Crippen LogP contribution is -2.17. The molecule has 2 nitrogen and oxygen atoms in total. The summed E-state index contributed by atoms with van der Waals surface area (Å²) in [6.07, 6.45) is -0.272. The minimum absolute atomic E-state index is 0.272. The van der Waals surface area contributed by atoms with Crippen molar-refractivity contribution in [3.8, 4) is 5.75 Å². The van der Waals surface area contributed by atoms with Gasteiger partial charge < -0.3 is 10.5 Å². The van der Waals surface area contributed by atoms with Crippen LogP contribution in [0.25, 0.3) is 0 Å². The van der Waals surface area contributed by atoms with E-state index in [1.54, 1.807) is 23.5 Å². The van der Waals surface area contributed by atoms with E-state index >= 15 is 0 Å². The van der Waals surface area contributed by atoms with Gasteiger partial charge in [0.15, 0.2) is 0 Å². The Kier molecular flexibility index (Phi) is 5.40. The van der Waals surface area contributed by atoms with Crippen molar-refractivity contribution in [1.82, 2.24) is 0 Å². The zero-order chi connectivity index (χ0) is 14.0. The third kappa shape index (κ3) is 3.78. The van der Waals surface area contributed by atoms with Gasteiger partial charge in [0.25, 0.3) is 0 Å².